The first-order chi connectivity index (χ1) is 6.81. The Hall–Kier alpha value is -0.530. The zero-order chi connectivity index (χ0) is 9.86. The van der Waals surface area contributed by atoms with Gasteiger partial charge in [0.05, 0.1) is 5.84 Å². The third-order valence-corrected chi connectivity index (χ3v) is 3.84. The summed E-state index contributed by atoms with van der Waals surface area (Å²) in [6.07, 6.45) is 12.3. The summed E-state index contributed by atoms with van der Waals surface area (Å²) >= 11 is 0. The highest BCUT2D eigenvalue weighted by molar-refractivity contribution is 5.82. The highest BCUT2D eigenvalue weighted by Gasteiger charge is 2.34. The number of nitrogens with zero attached hydrogens (tertiary/aromatic N) is 1. The average molecular weight is 194 g/mol. The maximum absolute atomic E-state index is 5.82. The lowest BCUT2D eigenvalue weighted by molar-refractivity contribution is 0.265. The lowest BCUT2D eigenvalue weighted by atomic mass is 9.77. The second-order valence-corrected chi connectivity index (χ2v) is 5.11. The van der Waals surface area contributed by atoms with E-state index in [-0.39, 0.29) is 0 Å². The second kappa shape index (κ2) is 4.33. The van der Waals surface area contributed by atoms with Crippen molar-refractivity contribution in [3.8, 4) is 0 Å². The molecule has 2 heteroatoms. The van der Waals surface area contributed by atoms with Crippen LogP contribution in [-0.4, -0.2) is 12.4 Å². The summed E-state index contributed by atoms with van der Waals surface area (Å²) in [6.45, 7) is 1.01. The van der Waals surface area contributed by atoms with E-state index in [0.717, 1.165) is 18.8 Å². The van der Waals surface area contributed by atoms with Crippen LogP contribution >= 0.6 is 0 Å². The van der Waals surface area contributed by atoms with E-state index in [1.165, 1.54) is 51.4 Å². The molecular weight excluding hydrogens is 172 g/mol. The molecule has 0 aromatic heterocycles. The normalized spacial score (nSPS) is 27.9. The zero-order valence-corrected chi connectivity index (χ0v) is 9.10. The van der Waals surface area contributed by atoms with Crippen molar-refractivity contribution in [2.45, 2.75) is 57.8 Å². The van der Waals surface area contributed by atoms with Crippen LogP contribution in [0.25, 0.3) is 0 Å². The van der Waals surface area contributed by atoms with Gasteiger partial charge in [0.1, 0.15) is 0 Å². The van der Waals surface area contributed by atoms with Gasteiger partial charge >= 0.3 is 0 Å². The number of amidine groups is 1. The van der Waals surface area contributed by atoms with Crippen LogP contribution in [0.5, 0.6) is 0 Å². The quantitative estimate of drug-likeness (QED) is 0.632. The van der Waals surface area contributed by atoms with Crippen LogP contribution in [0, 0.1) is 5.41 Å². The Morgan fingerprint density at radius 2 is 1.50 bits per heavy atom. The molecule has 0 aromatic rings. The summed E-state index contributed by atoms with van der Waals surface area (Å²) in [6, 6.07) is 0. The SMILES string of the molecule is NC1=NCC2(CCCCCCCC2)C1. The Bertz CT molecular complexity index is 210. The molecule has 1 spiro atoms. The van der Waals surface area contributed by atoms with Gasteiger partial charge in [-0.3, -0.25) is 4.99 Å². The molecule has 2 N–H and O–H groups in total. The van der Waals surface area contributed by atoms with Crippen LogP contribution in [0.2, 0.25) is 0 Å². The molecule has 0 aromatic carbocycles. The van der Waals surface area contributed by atoms with Gasteiger partial charge in [-0.1, -0.05) is 38.5 Å². The molecule has 1 heterocycles. The minimum Gasteiger partial charge on any atom is -0.387 e. The van der Waals surface area contributed by atoms with E-state index in [4.69, 9.17) is 5.73 Å². The van der Waals surface area contributed by atoms with E-state index in [1.807, 2.05) is 0 Å². The summed E-state index contributed by atoms with van der Waals surface area (Å²) < 4.78 is 0. The molecule has 14 heavy (non-hydrogen) atoms. The third-order valence-electron chi connectivity index (χ3n) is 3.84. The molecule has 1 aliphatic heterocycles. The topological polar surface area (TPSA) is 38.4 Å². The second-order valence-electron chi connectivity index (χ2n) is 5.11. The number of aliphatic imine (C=N–C) groups is 1. The molecule has 0 saturated heterocycles. The van der Waals surface area contributed by atoms with Crippen molar-refractivity contribution in [1.29, 1.82) is 0 Å². The van der Waals surface area contributed by atoms with Crippen molar-refractivity contribution in [1.82, 2.24) is 0 Å². The minimum absolute atomic E-state index is 0.481. The fraction of sp³-hybridized carbons (Fsp3) is 0.917. The third kappa shape index (κ3) is 2.28. The van der Waals surface area contributed by atoms with E-state index in [2.05, 4.69) is 4.99 Å². The van der Waals surface area contributed by atoms with Gasteiger partial charge in [0, 0.05) is 13.0 Å². The largest absolute Gasteiger partial charge is 0.387 e. The highest BCUT2D eigenvalue weighted by atomic mass is 14.9. The van der Waals surface area contributed by atoms with Gasteiger partial charge in [-0.05, 0) is 18.3 Å². The smallest absolute Gasteiger partial charge is 0.0943 e. The van der Waals surface area contributed by atoms with Gasteiger partial charge in [-0.15, -0.1) is 0 Å². The molecule has 2 aliphatic rings. The monoisotopic (exact) mass is 194 g/mol. The van der Waals surface area contributed by atoms with Crippen LogP contribution in [-0.2, 0) is 0 Å². The van der Waals surface area contributed by atoms with Crippen molar-refractivity contribution in [2.24, 2.45) is 16.1 Å². The molecule has 0 atom stereocenters. The Labute approximate surface area is 87.0 Å². The Kier molecular flexibility index (Phi) is 3.09. The molecule has 2 nitrogen and oxygen atoms in total. The first-order valence-corrected chi connectivity index (χ1v) is 6.10. The molecule has 1 fully saturated rings. The first kappa shape index (κ1) is 10.0. The number of nitrogens with two attached hydrogens (primary N) is 1. The summed E-state index contributed by atoms with van der Waals surface area (Å²) in [7, 11) is 0. The summed E-state index contributed by atoms with van der Waals surface area (Å²) in [5.41, 5.74) is 6.30. The summed E-state index contributed by atoms with van der Waals surface area (Å²) in [5.74, 6) is 0.907. The Morgan fingerprint density at radius 3 is 2.00 bits per heavy atom. The first-order valence-electron chi connectivity index (χ1n) is 6.10. The van der Waals surface area contributed by atoms with E-state index < -0.39 is 0 Å². The van der Waals surface area contributed by atoms with E-state index in [9.17, 15) is 0 Å². The molecule has 0 bridgehead atoms. The summed E-state index contributed by atoms with van der Waals surface area (Å²) in [4.78, 5) is 4.41. The van der Waals surface area contributed by atoms with Crippen molar-refractivity contribution in [2.75, 3.05) is 6.54 Å². The highest BCUT2D eigenvalue weighted by Crippen LogP contribution is 2.39. The molecule has 1 aliphatic carbocycles. The van der Waals surface area contributed by atoms with Crippen molar-refractivity contribution in [3.05, 3.63) is 0 Å². The van der Waals surface area contributed by atoms with Crippen molar-refractivity contribution < 1.29 is 0 Å². The molecule has 0 unspecified atom stereocenters. The number of hydrogen-bond acceptors (Lipinski definition) is 2. The lowest BCUT2D eigenvalue weighted by Gasteiger charge is -2.27. The Morgan fingerprint density at radius 1 is 0.929 bits per heavy atom. The van der Waals surface area contributed by atoms with Crippen molar-refractivity contribution >= 4 is 5.84 Å². The Balaban J connectivity index is 1.94. The molecule has 80 valence electrons. The van der Waals surface area contributed by atoms with Crippen LogP contribution in [0.15, 0.2) is 4.99 Å². The van der Waals surface area contributed by atoms with Gasteiger partial charge in [0.15, 0.2) is 0 Å². The lowest BCUT2D eigenvalue weighted by Crippen LogP contribution is -2.24. The number of rotatable bonds is 0. The van der Waals surface area contributed by atoms with E-state index >= 15 is 0 Å². The molecule has 1 saturated carbocycles. The van der Waals surface area contributed by atoms with Gasteiger partial charge in [-0.25, -0.2) is 0 Å². The van der Waals surface area contributed by atoms with Gasteiger partial charge in [-0.2, -0.15) is 0 Å². The maximum atomic E-state index is 5.82. The molecule has 0 radical (unpaired) electrons. The summed E-state index contributed by atoms with van der Waals surface area (Å²) in [5, 5.41) is 0. The average Bonchev–Trinajstić information content (AvgIpc) is 2.57. The molecule has 0 amide bonds. The van der Waals surface area contributed by atoms with Gasteiger partial charge < -0.3 is 5.73 Å². The van der Waals surface area contributed by atoms with Gasteiger partial charge in [0.2, 0.25) is 0 Å². The van der Waals surface area contributed by atoms with Crippen molar-refractivity contribution in [3.63, 3.8) is 0 Å². The fourth-order valence-electron chi connectivity index (χ4n) is 2.93. The van der Waals surface area contributed by atoms with Crippen LogP contribution in [0.3, 0.4) is 0 Å². The van der Waals surface area contributed by atoms with Crippen LogP contribution in [0.1, 0.15) is 57.8 Å². The molecule has 2 rings (SSSR count). The standard InChI is InChI=1S/C12H22N2/c13-11-9-12(10-14-11)7-5-3-1-2-4-6-8-12/h1-10H2,(H2,13,14). The predicted molar refractivity (Wildman–Crippen MR) is 60.5 cm³/mol. The minimum atomic E-state index is 0.481. The number of hydrogen-bond donors (Lipinski definition) is 1. The fourth-order valence-corrected chi connectivity index (χ4v) is 2.93. The van der Waals surface area contributed by atoms with Crippen LogP contribution < -0.4 is 5.73 Å². The van der Waals surface area contributed by atoms with E-state index in [1.54, 1.807) is 0 Å². The van der Waals surface area contributed by atoms with Crippen LogP contribution in [0.4, 0.5) is 0 Å². The zero-order valence-electron chi connectivity index (χ0n) is 9.10. The van der Waals surface area contributed by atoms with Gasteiger partial charge in [0.25, 0.3) is 0 Å². The molecular formula is C12H22N2. The van der Waals surface area contributed by atoms with E-state index in [0.29, 0.717) is 5.41 Å². The maximum Gasteiger partial charge on any atom is 0.0943 e. The predicted octanol–water partition coefficient (Wildman–Crippen LogP) is 2.87.